The zero-order valence-electron chi connectivity index (χ0n) is 17.5. The third kappa shape index (κ3) is 5.29. The van der Waals surface area contributed by atoms with Crippen molar-refractivity contribution in [1.82, 2.24) is 15.3 Å². The molecule has 0 aliphatic carbocycles. The Morgan fingerprint density at radius 2 is 1.82 bits per heavy atom. The van der Waals surface area contributed by atoms with Crippen LogP contribution >= 0.6 is 11.3 Å². The monoisotopic (exact) mass is 482 g/mol. The molecule has 172 valence electrons. The molecule has 1 aromatic carbocycles. The van der Waals surface area contributed by atoms with E-state index >= 15 is 0 Å². The van der Waals surface area contributed by atoms with Gasteiger partial charge >= 0.3 is 6.18 Å². The molecule has 10 heteroatoms. The first-order valence-corrected chi connectivity index (χ1v) is 10.8. The molecule has 4 rings (SSSR count). The van der Waals surface area contributed by atoms with Crippen LogP contribution in [0.25, 0.3) is 27.4 Å². The molecule has 0 saturated carbocycles. The number of carbonyl (C=O) groups is 2. The number of nitrogen functional groups attached to an aromatic ring is 1. The Balaban J connectivity index is 1.57. The zero-order chi connectivity index (χ0) is 24.3. The third-order valence-corrected chi connectivity index (χ3v) is 6.05. The van der Waals surface area contributed by atoms with Crippen molar-refractivity contribution in [2.75, 3.05) is 5.73 Å². The van der Waals surface area contributed by atoms with Gasteiger partial charge in [-0.3, -0.25) is 14.6 Å². The minimum absolute atomic E-state index is 0.0709. The number of nitrogens with one attached hydrogen (secondary N) is 1. The van der Waals surface area contributed by atoms with Crippen molar-refractivity contribution in [3.63, 3.8) is 0 Å². The maximum absolute atomic E-state index is 13.8. The van der Waals surface area contributed by atoms with E-state index in [4.69, 9.17) is 5.73 Å². The fraction of sp³-hybridized carbons (Fsp3) is 0.0833. The molecule has 4 aromatic rings. The largest absolute Gasteiger partial charge is 0.417 e. The van der Waals surface area contributed by atoms with E-state index in [9.17, 15) is 22.8 Å². The molecule has 0 bridgehead atoms. The lowest BCUT2D eigenvalue weighted by Gasteiger charge is -2.10. The number of nitrogens with zero attached hydrogens (tertiary/aromatic N) is 2. The van der Waals surface area contributed by atoms with Crippen molar-refractivity contribution in [3.8, 4) is 11.3 Å². The van der Waals surface area contributed by atoms with Crippen molar-refractivity contribution in [1.29, 1.82) is 0 Å². The van der Waals surface area contributed by atoms with Gasteiger partial charge in [0.15, 0.2) is 6.29 Å². The Bertz CT molecular complexity index is 1380. The quantitative estimate of drug-likeness (QED) is 0.294. The molecule has 0 saturated heterocycles. The summed E-state index contributed by atoms with van der Waals surface area (Å²) in [5, 5.41) is 3.06. The van der Waals surface area contributed by atoms with E-state index in [1.54, 1.807) is 30.3 Å². The molecule has 0 unspecified atom stereocenters. The number of anilines is 1. The van der Waals surface area contributed by atoms with E-state index in [1.165, 1.54) is 30.6 Å². The van der Waals surface area contributed by atoms with Gasteiger partial charge in [-0.2, -0.15) is 13.2 Å². The maximum Gasteiger partial charge on any atom is 0.417 e. The highest BCUT2D eigenvalue weighted by Gasteiger charge is 2.34. The van der Waals surface area contributed by atoms with Crippen LogP contribution in [0.4, 0.5) is 19.0 Å². The molecule has 0 fully saturated rings. The molecule has 3 N–H and O–H groups in total. The van der Waals surface area contributed by atoms with Crippen LogP contribution in [0.1, 0.15) is 26.4 Å². The van der Waals surface area contributed by atoms with Crippen LogP contribution in [0.15, 0.2) is 60.9 Å². The number of pyridine rings is 2. The number of hydrogen-bond acceptors (Lipinski definition) is 6. The molecule has 0 spiro atoms. The number of nitrogens with two attached hydrogens (primary N) is 1. The van der Waals surface area contributed by atoms with E-state index < -0.39 is 17.6 Å². The highest BCUT2D eigenvalue weighted by molar-refractivity contribution is 7.19. The highest BCUT2D eigenvalue weighted by Crippen LogP contribution is 2.41. The molecular weight excluding hydrogens is 465 g/mol. The number of alkyl halides is 3. The van der Waals surface area contributed by atoms with E-state index in [0.29, 0.717) is 39.2 Å². The second-order valence-corrected chi connectivity index (χ2v) is 8.45. The van der Waals surface area contributed by atoms with Gasteiger partial charge < -0.3 is 11.1 Å². The molecule has 0 aliphatic rings. The van der Waals surface area contributed by atoms with Crippen LogP contribution in [-0.4, -0.2) is 22.2 Å². The minimum atomic E-state index is -4.57. The Morgan fingerprint density at radius 3 is 2.47 bits per heavy atom. The lowest BCUT2D eigenvalue weighted by Crippen LogP contribution is -2.19. The molecule has 3 aromatic heterocycles. The van der Waals surface area contributed by atoms with Crippen LogP contribution in [0.5, 0.6) is 0 Å². The number of hydrogen-bond donors (Lipinski definition) is 2. The molecule has 0 atom stereocenters. The molecule has 6 nitrogen and oxygen atoms in total. The predicted octanol–water partition coefficient (Wildman–Crippen LogP) is 5.10. The zero-order valence-corrected chi connectivity index (χ0v) is 18.3. The Hall–Kier alpha value is -4.05. The van der Waals surface area contributed by atoms with Gasteiger partial charge in [0.2, 0.25) is 5.91 Å². The second-order valence-electron chi connectivity index (χ2n) is 7.31. The van der Waals surface area contributed by atoms with Gasteiger partial charge in [-0.05, 0) is 59.5 Å². The summed E-state index contributed by atoms with van der Waals surface area (Å²) < 4.78 is 41.4. The van der Waals surface area contributed by atoms with Gasteiger partial charge in [-0.15, -0.1) is 11.3 Å². The van der Waals surface area contributed by atoms with Crippen LogP contribution < -0.4 is 11.1 Å². The first-order chi connectivity index (χ1) is 16.2. The SMILES string of the molecule is Nc1ccc(/C=C/C(=O)NCc2cc3cc(-c4ccc(C=O)cn4)cc(C(F)(F)F)c3s2)cn1. The fourth-order valence-electron chi connectivity index (χ4n) is 3.22. The molecule has 34 heavy (non-hydrogen) atoms. The third-order valence-electron chi connectivity index (χ3n) is 4.86. The molecular formula is C24H17F3N4O2S. The lowest BCUT2D eigenvalue weighted by atomic mass is 10.0. The standard InChI is InChI=1S/C24H17F3N4O2S/c25-24(26,27)19-9-16(20-4-1-15(13-32)11-29-20)7-17-8-18(34-23(17)19)12-31-22(33)6-3-14-2-5-21(28)30-10-14/h1-11,13H,12H2,(H2,28,30)(H,31,33)/b6-3+. The van der Waals surface area contributed by atoms with Crippen LogP contribution in [0.2, 0.25) is 0 Å². The smallest absolute Gasteiger partial charge is 0.384 e. The maximum atomic E-state index is 13.8. The highest BCUT2D eigenvalue weighted by atomic mass is 32.1. The number of halogens is 3. The summed E-state index contributed by atoms with van der Waals surface area (Å²) in [6, 6.07) is 10.6. The first-order valence-electron chi connectivity index (χ1n) is 9.95. The molecule has 1 amide bonds. The average Bonchev–Trinajstić information content (AvgIpc) is 3.24. The van der Waals surface area contributed by atoms with Crippen molar-refractivity contribution < 1.29 is 22.8 Å². The van der Waals surface area contributed by atoms with Gasteiger partial charge in [-0.1, -0.05) is 0 Å². The number of thiophene rings is 1. The number of aromatic nitrogens is 2. The van der Waals surface area contributed by atoms with E-state index in [1.807, 2.05) is 0 Å². The first kappa shape index (κ1) is 23.1. The summed E-state index contributed by atoms with van der Waals surface area (Å²) in [5.41, 5.74) is 6.36. The summed E-state index contributed by atoms with van der Waals surface area (Å²) in [4.78, 5) is 31.5. The number of fused-ring (bicyclic) bond motifs is 1. The van der Waals surface area contributed by atoms with E-state index in [0.717, 1.165) is 17.4 Å². The van der Waals surface area contributed by atoms with Crippen molar-refractivity contribution in [3.05, 3.63) is 82.5 Å². The Morgan fingerprint density at radius 1 is 1.06 bits per heavy atom. The normalized spacial score (nSPS) is 11.7. The fourth-order valence-corrected chi connectivity index (χ4v) is 4.33. The second kappa shape index (κ2) is 9.44. The van der Waals surface area contributed by atoms with Crippen LogP contribution in [-0.2, 0) is 17.5 Å². The number of aldehydes is 1. The van der Waals surface area contributed by atoms with Gasteiger partial charge in [0.25, 0.3) is 0 Å². The van der Waals surface area contributed by atoms with Crippen molar-refractivity contribution in [2.24, 2.45) is 0 Å². The van der Waals surface area contributed by atoms with Gasteiger partial charge in [0.1, 0.15) is 5.82 Å². The number of benzene rings is 1. The average molecular weight is 482 g/mol. The van der Waals surface area contributed by atoms with Gasteiger partial charge in [0.05, 0.1) is 17.8 Å². The van der Waals surface area contributed by atoms with Gasteiger partial charge in [-0.25, -0.2) is 4.98 Å². The number of rotatable bonds is 6. The summed E-state index contributed by atoms with van der Waals surface area (Å²) >= 11 is 0.969. The van der Waals surface area contributed by atoms with Crippen molar-refractivity contribution in [2.45, 2.75) is 12.7 Å². The van der Waals surface area contributed by atoms with Crippen molar-refractivity contribution >= 4 is 45.5 Å². The van der Waals surface area contributed by atoms with Crippen LogP contribution in [0.3, 0.4) is 0 Å². The minimum Gasteiger partial charge on any atom is -0.384 e. The lowest BCUT2D eigenvalue weighted by molar-refractivity contribution is -0.136. The van der Waals surface area contributed by atoms with E-state index in [2.05, 4.69) is 15.3 Å². The molecule has 0 radical (unpaired) electrons. The molecule has 0 aliphatic heterocycles. The number of amides is 1. The summed E-state index contributed by atoms with van der Waals surface area (Å²) in [6.45, 7) is 0.0709. The topological polar surface area (TPSA) is 98.0 Å². The Kier molecular flexibility index (Phi) is 6.42. The Labute approximate surface area is 196 Å². The van der Waals surface area contributed by atoms with Crippen LogP contribution in [0, 0.1) is 0 Å². The summed E-state index contributed by atoms with van der Waals surface area (Å²) in [7, 11) is 0. The predicted molar refractivity (Wildman–Crippen MR) is 125 cm³/mol. The summed E-state index contributed by atoms with van der Waals surface area (Å²) in [6.07, 6.45) is 1.74. The van der Waals surface area contributed by atoms with Gasteiger partial charge in [0, 0.05) is 39.2 Å². The van der Waals surface area contributed by atoms with E-state index in [-0.39, 0.29) is 16.8 Å². The number of carbonyl (C=O) groups excluding carboxylic acids is 2. The summed E-state index contributed by atoms with van der Waals surface area (Å²) in [5.74, 6) is -0.0352. The molecule has 3 heterocycles.